The molecule has 5 fully saturated rings. The monoisotopic (exact) mass is 1790 g/mol. The summed E-state index contributed by atoms with van der Waals surface area (Å²) in [6.45, 7) is 17.4. The first-order valence-corrected chi connectivity index (χ1v) is 50.9. The Balaban J connectivity index is 0.000000115. The Morgan fingerprint density at radius 2 is 0.664 bits per heavy atom. The summed E-state index contributed by atoms with van der Waals surface area (Å²) in [5.41, 5.74) is 14.8. The number of thiophene rings is 5. The van der Waals surface area contributed by atoms with Gasteiger partial charge in [-0.05, 0) is 382 Å². The molecule has 0 bridgehead atoms. The van der Waals surface area contributed by atoms with E-state index >= 15 is 0 Å². The van der Waals surface area contributed by atoms with Gasteiger partial charge in [-0.2, -0.15) is 5.26 Å². The Morgan fingerprint density at radius 3 is 0.976 bits per heavy atom. The number of fused-ring (bicyclic) bond motifs is 5. The third kappa shape index (κ3) is 23.8. The molecule has 20 rings (SSSR count). The van der Waals surface area contributed by atoms with Crippen molar-refractivity contribution in [2.75, 3.05) is 103 Å². The van der Waals surface area contributed by atoms with Crippen LogP contribution >= 0.6 is 68.3 Å². The maximum absolute atomic E-state index is 11.7. The van der Waals surface area contributed by atoms with E-state index in [1.807, 2.05) is 65.1 Å². The Labute approximate surface area is 763 Å². The molecule has 5 aliphatic rings. The van der Waals surface area contributed by atoms with Gasteiger partial charge in [0.15, 0.2) is 9.84 Å². The molecule has 0 atom stereocenters. The molecule has 5 N–H and O–H groups in total. The number of sulfone groups is 1. The molecule has 0 saturated carbocycles. The molecule has 5 aliphatic heterocycles. The highest BCUT2D eigenvalue weighted by Gasteiger charge is 2.29. The molecule has 125 heavy (non-hydrogen) atoms. The quantitative estimate of drug-likeness (QED) is 0.0439. The largest absolute Gasteiger partial charge is 0.497 e. The number of methoxy groups -OCH3 is 1. The summed E-state index contributed by atoms with van der Waals surface area (Å²) in [7, 11) is -1.43. The van der Waals surface area contributed by atoms with Crippen LogP contribution in [-0.2, 0) is 42.6 Å². The third-order valence-corrected chi connectivity index (χ3v) is 31.0. The summed E-state index contributed by atoms with van der Waals surface area (Å²) in [6, 6.07) is 91.1. The van der Waals surface area contributed by atoms with E-state index in [-0.39, 0.29) is 0 Å². The molecule has 0 radical (unpaired) electrons. The van der Waals surface area contributed by atoms with Crippen LogP contribution in [-0.4, -0.2) is 117 Å². The molecule has 15 aromatic rings. The molecule has 10 heterocycles. The molecule has 0 aliphatic carbocycles. The van der Waals surface area contributed by atoms with Gasteiger partial charge in [0, 0.05) is 126 Å². The van der Waals surface area contributed by atoms with Crippen LogP contribution in [0.5, 0.6) is 5.75 Å². The van der Waals surface area contributed by atoms with Crippen LogP contribution in [0.15, 0.2) is 274 Å². The van der Waals surface area contributed by atoms with Crippen LogP contribution in [0.3, 0.4) is 0 Å². The van der Waals surface area contributed by atoms with Crippen molar-refractivity contribution in [3.63, 3.8) is 0 Å². The van der Waals surface area contributed by atoms with Gasteiger partial charge in [-0.3, -0.25) is 0 Å². The Hall–Kier alpha value is -9.67. The Morgan fingerprint density at radius 1 is 0.360 bits per heavy atom. The SMILES string of the molecule is COc1cccc(CN(c2ccc3sccc3c2)C2CCNCC2)c1.CS(=O)(=O)c1ccc(CN(c2ccc3sccc3c2)C2CCNCC2)cc1.Cc1ccc(CN(c2ccc3sccc3c2)C2CCNCC2)cc1.Clc1ccccc1CN(c1ccc2sccc2c1)C1CCNCC1.N#Cc1ccc(CN(c2ccc3sccc3c2)C2CCNCC2)cc1. The minimum atomic E-state index is -3.16. The molecule has 5 aromatic heterocycles. The standard InChI is InChI=1S/C21H21N3S.C21H24N2O2S2.C21H24N2OS.C21H24N2S.C20H21ClN2S/c22-14-16-1-3-17(4-2-16)15-24(19-7-10-23-11-8-19)20-5-6-21-18(13-20)9-12-25-21;1-27(24,25)20-5-2-16(3-6-20)15-23(18-8-11-22-12-9-18)19-4-7-21-17(14-19)10-13-26-21;1-24-20-4-2-3-16(13-20)15-23(18-7-10-22-11-8-18)19-5-6-21-17(14-19)9-12-25-21;1-16-2-4-17(5-3-16)15-23(19-8-11-22-12-9-19)20-6-7-21-18(14-20)10-13-24-21;21-19-4-2-1-3-16(19)14-23(17-7-10-22-11-8-17)18-5-6-20-15(13-18)9-12-24-20/h1-6,9,12-13,19,23H,7-8,10-11,15H2;2-7,10,13-14,18,22H,8-9,11-12,15H2,1H3;2-6,9,12-14,18,22H,7-8,10-11,15H2,1H3;2-7,10,13-14,19,22H,8-9,11-12,15H2,1H3;1-6,9,12-13,17,22H,7-8,10-11,14H2. The molecule has 0 amide bonds. The lowest BCUT2D eigenvalue weighted by Gasteiger charge is -2.37. The summed E-state index contributed by atoms with van der Waals surface area (Å²) in [5, 5.41) is 44.7. The highest BCUT2D eigenvalue weighted by molar-refractivity contribution is 7.90. The molecular formula is C104H114ClN11O3S6. The zero-order valence-electron chi connectivity index (χ0n) is 71.8. The predicted octanol–water partition coefficient (Wildman–Crippen LogP) is 23.5. The smallest absolute Gasteiger partial charge is 0.175 e. The van der Waals surface area contributed by atoms with E-state index in [2.05, 4.69) is 279 Å². The summed E-state index contributed by atoms with van der Waals surface area (Å²) < 4.78 is 35.6. The van der Waals surface area contributed by atoms with Crippen molar-refractivity contribution in [2.24, 2.45) is 0 Å². The lowest BCUT2D eigenvalue weighted by molar-refractivity contribution is 0.412. The molecule has 0 unspecified atom stereocenters. The first-order chi connectivity index (χ1) is 61.3. The number of nitrogens with one attached hydrogen (secondary N) is 5. The number of piperidine rings is 5. The van der Waals surface area contributed by atoms with Gasteiger partial charge in [0.05, 0.1) is 23.6 Å². The first-order valence-electron chi connectivity index (χ1n) is 44.2. The number of aryl methyl sites for hydroxylation is 1. The minimum Gasteiger partial charge on any atom is -0.497 e. The summed E-state index contributed by atoms with van der Waals surface area (Å²) in [6.07, 6.45) is 13.0. The highest BCUT2D eigenvalue weighted by atomic mass is 35.5. The number of hydrogen-bond acceptors (Lipinski definition) is 19. The summed E-state index contributed by atoms with van der Waals surface area (Å²) in [4.78, 5) is 13.1. The number of hydrogen-bond donors (Lipinski definition) is 5. The van der Waals surface area contributed by atoms with E-state index in [1.54, 1.807) is 53.3 Å². The van der Waals surface area contributed by atoms with Crippen molar-refractivity contribution in [1.82, 2.24) is 26.6 Å². The van der Waals surface area contributed by atoms with Crippen molar-refractivity contribution in [2.45, 2.75) is 139 Å². The predicted molar refractivity (Wildman–Crippen MR) is 536 cm³/mol. The number of benzene rings is 10. The number of ether oxygens (including phenoxy) is 1. The number of anilines is 5. The van der Waals surface area contributed by atoms with Crippen LogP contribution < -0.4 is 55.8 Å². The molecule has 10 aromatic carbocycles. The average Bonchev–Trinajstić information content (AvgIpc) is 1.80. The van der Waals surface area contributed by atoms with Crippen LogP contribution in [0.1, 0.15) is 103 Å². The van der Waals surface area contributed by atoms with Crippen LogP contribution in [0.25, 0.3) is 50.4 Å². The fourth-order valence-electron chi connectivity index (χ4n) is 18.0. The number of rotatable bonds is 22. The van der Waals surface area contributed by atoms with Crippen molar-refractivity contribution in [1.29, 1.82) is 5.26 Å². The molecular weight excluding hydrogens is 1680 g/mol. The van der Waals surface area contributed by atoms with Crippen molar-refractivity contribution < 1.29 is 13.2 Å². The van der Waals surface area contributed by atoms with E-state index in [0.717, 1.165) is 146 Å². The second-order valence-electron chi connectivity index (χ2n) is 33.4. The third-order valence-electron chi connectivity index (χ3n) is 25.0. The van der Waals surface area contributed by atoms with Crippen molar-refractivity contribution >= 4 is 157 Å². The summed E-state index contributed by atoms with van der Waals surface area (Å²) >= 11 is 15.4. The molecule has 0 spiro atoms. The zero-order chi connectivity index (χ0) is 85.7. The fourth-order valence-corrected chi connectivity index (χ4v) is 22.7. The van der Waals surface area contributed by atoms with Crippen molar-refractivity contribution in [3.05, 3.63) is 314 Å². The van der Waals surface area contributed by atoms with Gasteiger partial charge < -0.3 is 55.8 Å². The maximum atomic E-state index is 11.7. The number of nitrogens with zero attached hydrogens (tertiary/aromatic N) is 6. The second-order valence-corrected chi connectivity index (χ2v) is 40.6. The molecule has 646 valence electrons. The van der Waals surface area contributed by atoms with Gasteiger partial charge in [0.25, 0.3) is 0 Å². The van der Waals surface area contributed by atoms with Gasteiger partial charge in [-0.1, -0.05) is 96.0 Å². The Kier molecular flexibility index (Phi) is 31.0. The van der Waals surface area contributed by atoms with Gasteiger partial charge in [-0.25, -0.2) is 8.42 Å². The van der Waals surface area contributed by atoms with E-state index in [1.165, 1.54) is 151 Å². The van der Waals surface area contributed by atoms with Gasteiger partial charge >= 0.3 is 0 Å². The van der Waals surface area contributed by atoms with Crippen molar-refractivity contribution in [3.8, 4) is 11.8 Å². The number of halogens is 1. The molecule has 14 nitrogen and oxygen atoms in total. The van der Waals surface area contributed by atoms with E-state index in [0.29, 0.717) is 35.1 Å². The highest BCUT2D eigenvalue weighted by Crippen LogP contribution is 2.38. The van der Waals surface area contributed by atoms with Crippen LogP contribution in [0, 0.1) is 18.3 Å². The summed E-state index contributed by atoms with van der Waals surface area (Å²) in [5.74, 6) is 0.927. The number of nitriles is 1. The van der Waals surface area contributed by atoms with Crippen LogP contribution in [0.4, 0.5) is 28.4 Å². The lowest BCUT2D eigenvalue weighted by atomic mass is 10.0. The Bertz CT molecular complexity index is 6090. The van der Waals surface area contributed by atoms with Gasteiger partial charge in [0.2, 0.25) is 0 Å². The second kappa shape index (κ2) is 43.7. The van der Waals surface area contributed by atoms with Gasteiger partial charge in [-0.15, -0.1) is 56.7 Å². The first kappa shape index (κ1) is 88.8. The lowest BCUT2D eigenvalue weighted by Crippen LogP contribution is -2.43. The topological polar surface area (TPSA) is 144 Å². The van der Waals surface area contributed by atoms with Gasteiger partial charge in [0.1, 0.15) is 5.75 Å². The minimum absolute atomic E-state index is 0.374. The average molecular weight is 1790 g/mol. The zero-order valence-corrected chi connectivity index (χ0v) is 77.4. The molecule has 21 heteroatoms. The van der Waals surface area contributed by atoms with E-state index < -0.39 is 9.84 Å². The normalized spacial score (nSPS) is 15.6. The van der Waals surface area contributed by atoms with E-state index in [4.69, 9.17) is 21.6 Å². The molecule has 5 saturated heterocycles. The van der Waals surface area contributed by atoms with Crippen LogP contribution in [0.2, 0.25) is 5.02 Å². The maximum Gasteiger partial charge on any atom is 0.175 e. The van der Waals surface area contributed by atoms with E-state index in [9.17, 15) is 8.42 Å². The fraction of sp³-hybridized carbons (Fsp3) is 0.317.